The molecular formula is C22H20ClN5OS. The maximum absolute atomic E-state index is 13.2. The Morgan fingerprint density at radius 3 is 2.67 bits per heavy atom. The molecule has 0 bridgehead atoms. The second kappa shape index (κ2) is 7.41. The Hall–Kier alpha value is -2.90. The summed E-state index contributed by atoms with van der Waals surface area (Å²) in [5, 5.41) is 3.17. The molecule has 6 nitrogen and oxygen atoms in total. The molecule has 8 heteroatoms. The summed E-state index contributed by atoms with van der Waals surface area (Å²) in [5.74, 6) is 0.651. The van der Waals surface area contributed by atoms with Crippen LogP contribution in [0, 0.1) is 6.92 Å². The predicted molar refractivity (Wildman–Crippen MR) is 124 cm³/mol. The molecule has 1 saturated heterocycles. The van der Waals surface area contributed by atoms with Gasteiger partial charge in [0.2, 0.25) is 0 Å². The topological polar surface area (TPSA) is 77.0 Å². The van der Waals surface area contributed by atoms with Crippen molar-refractivity contribution in [2.75, 3.05) is 23.7 Å². The number of rotatable bonds is 4. The zero-order valence-electron chi connectivity index (χ0n) is 16.4. The Bertz CT molecular complexity index is 1310. The highest BCUT2D eigenvalue weighted by atomic mass is 35.5. The Labute approximate surface area is 182 Å². The molecule has 0 aliphatic carbocycles. The average molecular weight is 438 g/mol. The fourth-order valence-corrected chi connectivity index (χ4v) is 4.75. The van der Waals surface area contributed by atoms with Gasteiger partial charge in [0.25, 0.3) is 5.56 Å². The van der Waals surface area contributed by atoms with Crippen molar-refractivity contribution >= 4 is 44.5 Å². The van der Waals surface area contributed by atoms with Crippen molar-refractivity contribution in [1.82, 2.24) is 14.5 Å². The third kappa shape index (κ3) is 3.34. The first-order valence-electron chi connectivity index (χ1n) is 9.76. The van der Waals surface area contributed by atoms with E-state index in [-0.39, 0.29) is 5.56 Å². The van der Waals surface area contributed by atoms with Crippen LogP contribution in [0.5, 0.6) is 0 Å². The number of nitrogens with zero attached hydrogens (tertiary/aromatic N) is 4. The molecule has 1 aliphatic heterocycles. The molecule has 1 aliphatic rings. The van der Waals surface area contributed by atoms with Crippen LogP contribution in [0.3, 0.4) is 0 Å². The zero-order chi connectivity index (χ0) is 20.8. The minimum Gasteiger partial charge on any atom is -0.398 e. The number of thiazole rings is 1. The van der Waals surface area contributed by atoms with Crippen LogP contribution in [0.25, 0.3) is 21.5 Å². The number of hydrogen-bond acceptors (Lipinski definition) is 6. The molecule has 3 heterocycles. The number of anilines is 2. The molecule has 2 aromatic heterocycles. The van der Waals surface area contributed by atoms with Gasteiger partial charge in [-0.25, -0.2) is 9.97 Å². The van der Waals surface area contributed by atoms with E-state index in [0.717, 1.165) is 34.2 Å². The molecule has 0 amide bonds. The summed E-state index contributed by atoms with van der Waals surface area (Å²) in [5.41, 5.74) is 9.21. The highest BCUT2D eigenvalue weighted by molar-refractivity contribution is 7.19. The number of nitrogen functional groups attached to an aromatic ring is 1. The maximum atomic E-state index is 13.2. The van der Waals surface area contributed by atoms with Crippen LogP contribution >= 0.6 is 22.9 Å². The van der Waals surface area contributed by atoms with Gasteiger partial charge in [-0.05, 0) is 43.2 Å². The molecule has 4 aromatic rings. The fraction of sp³-hybridized carbons (Fsp3) is 0.227. The van der Waals surface area contributed by atoms with Crippen LogP contribution in [0.1, 0.15) is 17.8 Å². The molecule has 30 heavy (non-hydrogen) atoms. The van der Waals surface area contributed by atoms with Crippen molar-refractivity contribution in [1.29, 1.82) is 0 Å². The van der Waals surface area contributed by atoms with Crippen LogP contribution in [0.2, 0.25) is 5.02 Å². The molecule has 0 atom stereocenters. The SMILES string of the molecule is Cc1nc2cc(-c3ncc(N4CCC4)s3)c(N)cc2c(=O)n1Cc1ccc(Cl)cc1. The summed E-state index contributed by atoms with van der Waals surface area (Å²) in [7, 11) is 0. The maximum Gasteiger partial charge on any atom is 0.261 e. The van der Waals surface area contributed by atoms with E-state index in [1.54, 1.807) is 22.0 Å². The first-order valence-corrected chi connectivity index (χ1v) is 11.0. The minimum atomic E-state index is -0.105. The van der Waals surface area contributed by atoms with Crippen molar-refractivity contribution in [2.45, 2.75) is 19.9 Å². The highest BCUT2D eigenvalue weighted by Gasteiger charge is 2.19. The lowest BCUT2D eigenvalue weighted by molar-refractivity contribution is 0.622. The van der Waals surface area contributed by atoms with Gasteiger partial charge in [-0.3, -0.25) is 9.36 Å². The largest absolute Gasteiger partial charge is 0.398 e. The molecule has 0 unspecified atom stereocenters. The molecule has 2 N–H and O–H groups in total. The standard InChI is InChI=1S/C22H20ClN5OS/c1-13-26-19-10-16(21-25-11-20(30-21)27-7-2-8-27)18(24)9-17(19)22(29)28(13)12-14-3-5-15(23)6-4-14/h3-6,9-11H,2,7-8,12,24H2,1H3. The van der Waals surface area contributed by atoms with Gasteiger partial charge < -0.3 is 10.6 Å². The molecule has 1 fully saturated rings. The summed E-state index contributed by atoms with van der Waals surface area (Å²) >= 11 is 7.59. The number of hydrogen-bond donors (Lipinski definition) is 1. The van der Waals surface area contributed by atoms with E-state index in [1.807, 2.05) is 43.5 Å². The van der Waals surface area contributed by atoms with E-state index < -0.39 is 0 Å². The summed E-state index contributed by atoms with van der Waals surface area (Å²) in [6, 6.07) is 11.1. The van der Waals surface area contributed by atoms with Gasteiger partial charge in [0.15, 0.2) is 0 Å². The van der Waals surface area contributed by atoms with Crippen LogP contribution in [0.15, 0.2) is 47.4 Å². The number of aromatic nitrogens is 3. The Morgan fingerprint density at radius 2 is 1.97 bits per heavy atom. The van der Waals surface area contributed by atoms with Crippen LogP contribution in [-0.2, 0) is 6.54 Å². The van der Waals surface area contributed by atoms with Crippen molar-refractivity contribution in [3.63, 3.8) is 0 Å². The van der Waals surface area contributed by atoms with Crippen molar-refractivity contribution in [3.8, 4) is 10.6 Å². The third-order valence-electron chi connectivity index (χ3n) is 5.46. The van der Waals surface area contributed by atoms with Gasteiger partial charge in [0, 0.05) is 29.4 Å². The summed E-state index contributed by atoms with van der Waals surface area (Å²) in [6.07, 6.45) is 3.11. The second-order valence-electron chi connectivity index (χ2n) is 7.48. The van der Waals surface area contributed by atoms with E-state index in [2.05, 4.69) is 9.88 Å². The van der Waals surface area contributed by atoms with E-state index in [9.17, 15) is 4.79 Å². The molecule has 0 spiro atoms. The van der Waals surface area contributed by atoms with Gasteiger partial charge in [0.1, 0.15) is 15.8 Å². The molecule has 0 saturated carbocycles. The van der Waals surface area contributed by atoms with Crippen LogP contribution in [-0.4, -0.2) is 27.6 Å². The van der Waals surface area contributed by atoms with Crippen LogP contribution < -0.4 is 16.2 Å². The minimum absolute atomic E-state index is 0.105. The van der Waals surface area contributed by atoms with E-state index in [0.29, 0.717) is 34.0 Å². The monoisotopic (exact) mass is 437 g/mol. The number of benzene rings is 2. The molecular weight excluding hydrogens is 418 g/mol. The summed E-state index contributed by atoms with van der Waals surface area (Å²) in [4.78, 5) is 24.7. The van der Waals surface area contributed by atoms with E-state index >= 15 is 0 Å². The van der Waals surface area contributed by atoms with Gasteiger partial charge in [-0.2, -0.15) is 0 Å². The number of nitrogens with two attached hydrogens (primary N) is 1. The normalized spacial score (nSPS) is 13.6. The Balaban J connectivity index is 1.56. The first-order chi connectivity index (χ1) is 14.5. The molecule has 152 valence electrons. The summed E-state index contributed by atoms with van der Waals surface area (Å²) < 4.78 is 1.66. The van der Waals surface area contributed by atoms with Gasteiger partial charge in [-0.15, -0.1) is 0 Å². The smallest absolute Gasteiger partial charge is 0.261 e. The van der Waals surface area contributed by atoms with Gasteiger partial charge in [-0.1, -0.05) is 35.1 Å². The number of fused-ring (bicyclic) bond motifs is 1. The average Bonchev–Trinajstić information content (AvgIpc) is 3.15. The zero-order valence-corrected chi connectivity index (χ0v) is 18.0. The van der Waals surface area contributed by atoms with Crippen molar-refractivity contribution in [2.24, 2.45) is 0 Å². The first kappa shape index (κ1) is 19.1. The van der Waals surface area contributed by atoms with Crippen LogP contribution in [0.4, 0.5) is 10.7 Å². The lowest BCUT2D eigenvalue weighted by Gasteiger charge is -2.31. The third-order valence-corrected chi connectivity index (χ3v) is 6.81. The fourth-order valence-electron chi connectivity index (χ4n) is 3.61. The van der Waals surface area contributed by atoms with Crippen molar-refractivity contribution < 1.29 is 0 Å². The summed E-state index contributed by atoms with van der Waals surface area (Å²) in [6.45, 7) is 4.42. The van der Waals surface area contributed by atoms with Gasteiger partial charge in [0.05, 0.1) is 23.6 Å². The highest BCUT2D eigenvalue weighted by Crippen LogP contribution is 2.36. The number of aryl methyl sites for hydroxylation is 1. The second-order valence-corrected chi connectivity index (χ2v) is 8.92. The Kier molecular flexibility index (Phi) is 4.72. The van der Waals surface area contributed by atoms with E-state index in [4.69, 9.17) is 22.3 Å². The van der Waals surface area contributed by atoms with Crippen molar-refractivity contribution in [3.05, 3.63) is 69.4 Å². The molecule has 5 rings (SSSR count). The Morgan fingerprint density at radius 1 is 1.20 bits per heavy atom. The van der Waals surface area contributed by atoms with E-state index in [1.165, 1.54) is 6.42 Å². The lowest BCUT2D eigenvalue weighted by atomic mass is 10.1. The molecule has 0 radical (unpaired) electrons. The lowest BCUT2D eigenvalue weighted by Crippen LogP contribution is -2.36. The number of halogens is 1. The van der Waals surface area contributed by atoms with Gasteiger partial charge >= 0.3 is 0 Å². The predicted octanol–water partition coefficient (Wildman–Crippen LogP) is 4.32. The quantitative estimate of drug-likeness (QED) is 0.481. The molecule has 2 aromatic carbocycles.